The topological polar surface area (TPSA) is 41.1 Å². The summed E-state index contributed by atoms with van der Waals surface area (Å²) in [6.07, 6.45) is 2.15. The molecule has 0 aromatic rings. The van der Waals surface area contributed by atoms with E-state index in [2.05, 4.69) is 10.6 Å². The summed E-state index contributed by atoms with van der Waals surface area (Å²) in [5, 5.41) is 5.62. The molecule has 1 aliphatic heterocycles. The molecule has 0 radical (unpaired) electrons. The van der Waals surface area contributed by atoms with E-state index < -0.39 is 18.1 Å². The molecule has 2 rings (SSSR count). The minimum absolute atomic E-state index is 0.0397. The molecule has 0 spiro atoms. The number of nitrogens with one attached hydrogen (secondary N) is 2. The van der Waals surface area contributed by atoms with Gasteiger partial charge in [0.1, 0.15) is 0 Å². The number of alkyl halides is 3. The van der Waals surface area contributed by atoms with Crippen molar-refractivity contribution < 1.29 is 18.0 Å². The highest BCUT2D eigenvalue weighted by Gasteiger charge is 2.42. The van der Waals surface area contributed by atoms with Gasteiger partial charge in [0.2, 0.25) is 5.91 Å². The number of carbonyl (C=O) groups is 1. The Morgan fingerprint density at radius 2 is 1.80 bits per heavy atom. The molecule has 1 saturated heterocycles. The van der Waals surface area contributed by atoms with Crippen LogP contribution in [0.25, 0.3) is 0 Å². The molecule has 2 unspecified atom stereocenters. The minimum Gasteiger partial charge on any atom is -0.354 e. The monoisotopic (exact) mass is 292 g/mol. The summed E-state index contributed by atoms with van der Waals surface area (Å²) in [6, 6.07) is -0.461. The van der Waals surface area contributed by atoms with Crippen LogP contribution in [0.5, 0.6) is 0 Å². The molecule has 6 heteroatoms. The van der Waals surface area contributed by atoms with E-state index in [1.54, 1.807) is 0 Å². The van der Waals surface area contributed by atoms with Crippen molar-refractivity contribution in [3.8, 4) is 0 Å². The van der Waals surface area contributed by atoms with Crippen molar-refractivity contribution in [3.63, 3.8) is 0 Å². The van der Waals surface area contributed by atoms with Crippen molar-refractivity contribution in [1.29, 1.82) is 0 Å². The lowest BCUT2D eigenvalue weighted by Gasteiger charge is -2.31. The van der Waals surface area contributed by atoms with Gasteiger partial charge in [0.05, 0.1) is 12.0 Å². The summed E-state index contributed by atoms with van der Waals surface area (Å²) in [4.78, 5) is 11.9. The Balaban J connectivity index is 1.69. The van der Waals surface area contributed by atoms with Crippen LogP contribution in [0, 0.1) is 11.8 Å². The quantitative estimate of drug-likeness (QED) is 0.839. The van der Waals surface area contributed by atoms with Gasteiger partial charge >= 0.3 is 6.18 Å². The second-order valence-corrected chi connectivity index (χ2v) is 6.03. The molecular formula is C14H23F3N2O. The molecule has 2 atom stereocenters. The van der Waals surface area contributed by atoms with Gasteiger partial charge in [-0.1, -0.05) is 19.3 Å². The Kier molecular flexibility index (Phi) is 5.29. The molecule has 1 amide bonds. The van der Waals surface area contributed by atoms with Gasteiger partial charge in [0.25, 0.3) is 0 Å². The Labute approximate surface area is 117 Å². The first-order valence-corrected chi connectivity index (χ1v) is 7.54. The Hall–Kier alpha value is -0.780. The van der Waals surface area contributed by atoms with Gasteiger partial charge in [0.15, 0.2) is 0 Å². The van der Waals surface area contributed by atoms with Gasteiger partial charge in [-0.25, -0.2) is 0 Å². The smallest absolute Gasteiger partial charge is 0.354 e. The third-order valence-electron chi connectivity index (χ3n) is 4.48. The number of piperidine rings is 1. The number of halogens is 3. The predicted molar refractivity (Wildman–Crippen MR) is 70.2 cm³/mol. The van der Waals surface area contributed by atoms with E-state index in [1.165, 1.54) is 19.3 Å². The second-order valence-electron chi connectivity index (χ2n) is 6.03. The first kappa shape index (κ1) is 15.6. The maximum absolute atomic E-state index is 12.5. The van der Waals surface area contributed by atoms with Gasteiger partial charge in [-0.3, -0.25) is 4.79 Å². The lowest BCUT2D eigenvalue weighted by atomic mass is 9.89. The zero-order chi connectivity index (χ0) is 14.6. The van der Waals surface area contributed by atoms with Crippen LogP contribution in [0.15, 0.2) is 0 Å². The molecule has 2 N–H and O–H groups in total. The molecular weight excluding hydrogens is 269 g/mol. The van der Waals surface area contributed by atoms with E-state index in [-0.39, 0.29) is 25.3 Å². The van der Waals surface area contributed by atoms with Crippen LogP contribution in [0.1, 0.15) is 44.9 Å². The summed E-state index contributed by atoms with van der Waals surface area (Å²) in [5.74, 6) is -0.916. The first-order chi connectivity index (χ1) is 9.47. The van der Waals surface area contributed by atoms with Gasteiger partial charge in [-0.2, -0.15) is 13.2 Å². The summed E-state index contributed by atoms with van der Waals surface area (Å²) in [7, 11) is 0. The maximum atomic E-state index is 12.5. The molecule has 0 aromatic carbocycles. The summed E-state index contributed by atoms with van der Waals surface area (Å²) < 4.78 is 37.6. The lowest BCUT2D eigenvalue weighted by Crippen LogP contribution is -2.51. The molecule has 1 aliphatic carbocycles. The summed E-state index contributed by atoms with van der Waals surface area (Å²) in [5.41, 5.74) is 0. The first-order valence-electron chi connectivity index (χ1n) is 7.54. The van der Waals surface area contributed by atoms with E-state index >= 15 is 0 Å². The fourth-order valence-corrected chi connectivity index (χ4v) is 3.12. The van der Waals surface area contributed by atoms with Gasteiger partial charge in [0, 0.05) is 13.1 Å². The largest absolute Gasteiger partial charge is 0.393 e. The van der Waals surface area contributed by atoms with Crippen LogP contribution in [0.3, 0.4) is 0 Å². The van der Waals surface area contributed by atoms with Crippen molar-refractivity contribution in [2.75, 3.05) is 13.1 Å². The van der Waals surface area contributed by atoms with Crippen molar-refractivity contribution >= 4 is 5.91 Å². The van der Waals surface area contributed by atoms with Crippen LogP contribution < -0.4 is 10.6 Å². The average molecular weight is 292 g/mol. The number of carbonyl (C=O) groups excluding carboxylic acids is 1. The zero-order valence-corrected chi connectivity index (χ0v) is 11.6. The average Bonchev–Trinajstić information content (AvgIpc) is 2.45. The Morgan fingerprint density at radius 1 is 1.10 bits per heavy atom. The lowest BCUT2D eigenvalue weighted by molar-refractivity contribution is -0.180. The molecule has 116 valence electrons. The molecule has 1 heterocycles. The van der Waals surface area contributed by atoms with Crippen LogP contribution in [-0.4, -0.2) is 31.2 Å². The van der Waals surface area contributed by atoms with Crippen LogP contribution >= 0.6 is 0 Å². The van der Waals surface area contributed by atoms with Crippen molar-refractivity contribution in [2.45, 2.75) is 57.2 Å². The molecule has 0 aromatic heterocycles. The third-order valence-corrected chi connectivity index (χ3v) is 4.48. The van der Waals surface area contributed by atoms with Crippen molar-refractivity contribution in [3.05, 3.63) is 0 Å². The van der Waals surface area contributed by atoms with E-state index in [0.717, 1.165) is 12.8 Å². The number of rotatable bonds is 3. The molecule has 1 saturated carbocycles. The van der Waals surface area contributed by atoms with E-state index in [4.69, 9.17) is 0 Å². The number of amides is 1. The molecule has 2 aliphatic rings. The number of hydrogen-bond donors (Lipinski definition) is 2. The minimum atomic E-state index is -4.16. The highest BCUT2D eigenvalue weighted by molar-refractivity contribution is 5.81. The van der Waals surface area contributed by atoms with Crippen LogP contribution in [-0.2, 0) is 4.79 Å². The van der Waals surface area contributed by atoms with Gasteiger partial charge in [-0.15, -0.1) is 0 Å². The SMILES string of the molecule is O=C(NCC1CCCCC1)C1CCC(C(F)(F)F)CN1. The van der Waals surface area contributed by atoms with Crippen LogP contribution in [0.4, 0.5) is 13.2 Å². The normalized spacial score (nSPS) is 29.1. The van der Waals surface area contributed by atoms with Gasteiger partial charge in [-0.05, 0) is 31.6 Å². The molecule has 0 bridgehead atoms. The van der Waals surface area contributed by atoms with E-state index in [1.807, 2.05) is 0 Å². The highest BCUT2D eigenvalue weighted by atomic mass is 19.4. The maximum Gasteiger partial charge on any atom is 0.393 e. The molecule has 2 fully saturated rings. The third kappa shape index (κ3) is 4.36. The Morgan fingerprint density at radius 3 is 2.35 bits per heavy atom. The fourth-order valence-electron chi connectivity index (χ4n) is 3.12. The fraction of sp³-hybridized carbons (Fsp3) is 0.929. The number of hydrogen-bond acceptors (Lipinski definition) is 2. The standard InChI is InChI=1S/C14H23F3N2O/c15-14(16,17)11-6-7-12(18-9-11)13(20)19-8-10-4-2-1-3-5-10/h10-12,18H,1-9H2,(H,19,20). The molecule has 20 heavy (non-hydrogen) atoms. The zero-order valence-electron chi connectivity index (χ0n) is 11.6. The predicted octanol–water partition coefficient (Wildman–Crippen LogP) is 2.61. The van der Waals surface area contributed by atoms with Gasteiger partial charge < -0.3 is 10.6 Å². The Bertz CT molecular complexity index is 319. The van der Waals surface area contributed by atoms with E-state index in [9.17, 15) is 18.0 Å². The van der Waals surface area contributed by atoms with Crippen molar-refractivity contribution in [2.24, 2.45) is 11.8 Å². The summed E-state index contributed by atoms with van der Waals surface area (Å²) in [6.45, 7) is 0.519. The van der Waals surface area contributed by atoms with E-state index in [0.29, 0.717) is 12.5 Å². The summed E-state index contributed by atoms with van der Waals surface area (Å²) >= 11 is 0. The van der Waals surface area contributed by atoms with Crippen molar-refractivity contribution in [1.82, 2.24) is 10.6 Å². The van der Waals surface area contributed by atoms with Crippen LogP contribution in [0.2, 0.25) is 0 Å². The molecule has 3 nitrogen and oxygen atoms in total. The highest BCUT2D eigenvalue weighted by Crippen LogP contribution is 2.32. The second kappa shape index (κ2) is 6.78.